The molecule has 1 aliphatic rings. The van der Waals surface area contributed by atoms with Gasteiger partial charge in [-0.05, 0) is 61.4 Å². The second-order valence-electron chi connectivity index (χ2n) is 6.41. The van der Waals surface area contributed by atoms with Gasteiger partial charge in [-0.3, -0.25) is 9.78 Å². The molecule has 0 aliphatic carbocycles. The van der Waals surface area contributed by atoms with Crippen LogP contribution in [0.2, 0.25) is 0 Å². The number of aromatic nitrogens is 1. The van der Waals surface area contributed by atoms with E-state index in [1.54, 1.807) is 12.3 Å². The number of hydrogen-bond acceptors (Lipinski definition) is 3. The minimum Gasteiger partial charge on any atom is -0.338 e. The second-order valence-corrected chi connectivity index (χ2v) is 6.41. The van der Waals surface area contributed by atoms with Gasteiger partial charge in [-0.15, -0.1) is 0 Å². The molecule has 0 saturated carbocycles. The minimum absolute atomic E-state index is 0.308. The normalized spacial score (nSPS) is 15.6. The largest absolute Gasteiger partial charge is 0.338 e. The molecule has 5 heteroatoms. The van der Waals surface area contributed by atoms with E-state index < -0.39 is 0 Å². The molecule has 1 N–H and O–H groups in total. The van der Waals surface area contributed by atoms with Crippen LogP contribution < -0.4 is 10.2 Å². The Labute approximate surface area is 151 Å². The highest BCUT2D eigenvalue weighted by molar-refractivity contribution is 6.03. The van der Waals surface area contributed by atoms with Gasteiger partial charge in [0.15, 0.2) is 0 Å². The number of halogens is 1. The molecule has 0 radical (unpaired) electrons. The summed E-state index contributed by atoms with van der Waals surface area (Å²) in [6, 6.07) is 18.0. The Balaban J connectivity index is 1.61. The van der Waals surface area contributed by atoms with Crippen LogP contribution >= 0.6 is 0 Å². The zero-order valence-corrected chi connectivity index (χ0v) is 14.3. The first kappa shape index (κ1) is 16.3. The number of fused-ring (bicyclic) bond motifs is 1. The molecule has 1 amide bonds. The number of carbonyl (C=O) groups excluding carboxylic acids is 1. The monoisotopic (exact) mass is 347 g/mol. The average molecular weight is 347 g/mol. The maximum atomic E-state index is 13.0. The first-order chi connectivity index (χ1) is 12.6. The lowest BCUT2D eigenvalue weighted by atomic mass is 10.1. The Morgan fingerprint density at radius 1 is 1.15 bits per heavy atom. The van der Waals surface area contributed by atoms with E-state index in [2.05, 4.69) is 34.3 Å². The van der Waals surface area contributed by atoms with Crippen molar-refractivity contribution >= 4 is 23.0 Å². The lowest BCUT2D eigenvalue weighted by Gasteiger charge is -2.25. The van der Waals surface area contributed by atoms with Crippen molar-refractivity contribution in [1.82, 2.24) is 4.98 Å². The summed E-state index contributed by atoms with van der Waals surface area (Å²) < 4.78 is 13.0. The van der Waals surface area contributed by atoms with Crippen molar-refractivity contribution in [3.05, 3.63) is 83.9 Å². The van der Waals surface area contributed by atoms with Crippen LogP contribution in [0, 0.1) is 5.82 Å². The fourth-order valence-corrected chi connectivity index (χ4v) is 3.38. The molecule has 0 bridgehead atoms. The number of nitrogens with zero attached hydrogens (tertiary/aromatic N) is 2. The molecule has 1 aromatic heterocycles. The fraction of sp³-hybridized carbons (Fsp3) is 0.143. The van der Waals surface area contributed by atoms with Crippen LogP contribution in [0.4, 0.5) is 21.5 Å². The van der Waals surface area contributed by atoms with Crippen LogP contribution in [-0.4, -0.2) is 16.9 Å². The third-order valence-corrected chi connectivity index (χ3v) is 4.56. The summed E-state index contributed by atoms with van der Waals surface area (Å²) >= 11 is 0. The van der Waals surface area contributed by atoms with E-state index in [1.807, 2.05) is 18.2 Å². The van der Waals surface area contributed by atoms with Crippen LogP contribution in [0.15, 0.2) is 66.9 Å². The van der Waals surface area contributed by atoms with Crippen LogP contribution in [0.3, 0.4) is 0 Å². The molecule has 0 spiro atoms. The summed E-state index contributed by atoms with van der Waals surface area (Å²) in [5.74, 6) is -0.664. The van der Waals surface area contributed by atoms with Gasteiger partial charge in [0.1, 0.15) is 11.5 Å². The van der Waals surface area contributed by atoms with Crippen molar-refractivity contribution in [3.8, 4) is 0 Å². The number of benzene rings is 2. The molecule has 1 atom stereocenters. The molecule has 0 saturated heterocycles. The Morgan fingerprint density at radius 2 is 1.92 bits per heavy atom. The Kier molecular flexibility index (Phi) is 4.13. The Morgan fingerprint density at radius 3 is 2.73 bits per heavy atom. The highest BCUT2D eigenvalue weighted by Gasteiger charge is 2.27. The van der Waals surface area contributed by atoms with Gasteiger partial charge in [-0.25, -0.2) is 4.39 Å². The van der Waals surface area contributed by atoms with Crippen LogP contribution in [-0.2, 0) is 6.42 Å². The van der Waals surface area contributed by atoms with E-state index in [4.69, 9.17) is 0 Å². The van der Waals surface area contributed by atoms with E-state index in [1.165, 1.54) is 29.8 Å². The van der Waals surface area contributed by atoms with E-state index in [-0.39, 0.29) is 11.7 Å². The number of hydrogen-bond donors (Lipinski definition) is 1. The van der Waals surface area contributed by atoms with Gasteiger partial charge in [0.2, 0.25) is 0 Å². The lowest BCUT2D eigenvalue weighted by Crippen LogP contribution is -2.24. The lowest BCUT2D eigenvalue weighted by molar-refractivity contribution is 0.102. The van der Waals surface area contributed by atoms with Crippen molar-refractivity contribution in [2.45, 2.75) is 19.4 Å². The predicted octanol–water partition coefficient (Wildman–Crippen LogP) is 4.56. The topological polar surface area (TPSA) is 45.2 Å². The molecule has 0 fully saturated rings. The molecule has 2 heterocycles. The number of pyridine rings is 1. The molecular formula is C21H18FN3O. The van der Waals surface area contributed by atoms with Crippen molar-refractivity contribution < 1.29 is 9.18 Å². The zero-order valence-electron chi connectivity index (χ0n) is 14.3. The van der Waals surface area contributed by atoms with Crippen LogP contribution in [0.5, 0.6) is 0 Å². The molecule has 2 aromatic carbocycles. The standard InChI is InChI=1S/C21H18FN3O/c1-14-12-15-4-2-3-5-20(15)25(14)18-10-11-23-19(13-18)21(26)24-17-8-6-16(22)7-9-17/h2-11,13-14H,12H2,1H3,(H,24,26). The van der Waals surface area contributed by atoms with E-state index >= 15 is 0 Å². The molecule has 26 heavy (non-hydrogen) atoms. The van der Waals surface area contributed by atoms with Gasteiger partial charge >= 0.3 is 0 Å². The van der Waals surface area contributed by atoms with Gasteiger partial charge in [0, 0.05) is 29.3 Å². The first-order valence-corrected chi connectivity index (χ1v) is 8.52. The third-order valence-electron chi connectivity index (χ3n) is 4.56. The summed E-state index contributed by atoms with van der Waals surface area (Å²) in [5, 5.41) is 2.75. The summed E-state index contributed by atoms with van der Waals surface area (Å²) in [7, 11) is 0. The molecular weight excluding hydrogens is 329 g/mol. The van der Waals surface area contributed by atoms with E-state index in [0.29, 0.717) is 17.4 Å². The SMILES string of the molecule is CC1Cc2ccccc2N1c1ccnc(C(=O)Nc2ccc(F)cc2)c1. The van der Waals surface area contributed by atoms with Crippen molar-refractivity contribution in [2.75, 3.05) is 10.2 Å². The summed E-state index contributed by atoms with van der Waals surface area (Å²) in [6.07, 6.45) is 2.61. The zero-order chi connectivity index (χ0) is 18.1. The fourth-order valence-electron chi connectivity index (χ4n) is 3.38. The van der Waals surface area contributed by atoms with Gasteiger partial charge in [0.25, 0.3) is 5.91 Å². The number of anilines is 3. The number of para-hydroxylation sites is 1. The van der Waals surface area contributed by atoms with Crippen LogP contribution in [0.1, 0.15) is 23.0 Å². The summed E-state index contributed by atoms with van der Waals surface area (Å²) in [5.41, 5.74) is 4.25. The Bertz CT molecular complexity index is 955. The molecule has 4 nitrogen and oxygen atoms in total. The molecule has 3 aromatic rings. The van der Waals surface area contributed by atoms with Gasteiger partial charge in [-0.2, -0.15) is 0 Å². The quantitative estimate of drug-likeness (QED) is 0.756. The van der Waals surface area contributed by atoms with Crippen molar-refractivity contribution in [2.24, 2.45) is 0 Å². The maximum Gasteiger partial charge on any atom is 0.274 e. The van der Waals surface area contributed by atoms with Gasteiger partial charge < -0.3 is 10.2 Å². The van der Waals surface area contributed by atoms with Crippen molar-refractivity contribution in [3.63, 3.8) is 0 Å². The second kappa shape index (κ2) is 6.59. The van der Waals surface area contributed by atoms with E-state index in [9.17, 15) is 9.18 Å². The summed E-state index contributed by atoms with van der Waals surface area (Å²) in [4.78, 5) is 18.9. The Hall–Kier alpha value is -3.21. The van der Waals surface area contributed by atoms with Crippen molar-refractivity contribution in [1.29, 1.82) is 0 Å². The number of amides is 1. The third kappa shape index (κ3) is 3.04. The van der Waals surface area contributed by atoms with Gasteiger partial charge in [-0.1, -0.05) is 18.2 Å². The minimum atomic E-state index is -0.343. The number of nitrogens with one attached hydrogen (secondary N) is 1. The van der Waals surface area contributed by atoms with E-state index in [0.717, 1.165) is 17.8 Å². The maximum absolute atomic E-state index is 13.0. The average Bonchev–Trinajstić information content (AvgIpc) is 2.99. The summed E-state index contributed by atoms with van der Waals surface area (Å²) in [6.45, 7) is 2.17. The molecule has 1 unspecified atom stereocenters. The van der Waals surface area contributed by atoms with Gasteiger partial charge in [0.05, 0.1) is 0 Å². The smallest absolute Gasteiger partial charge is 0.274 e. The predicted molar refractivity (Wildman–Crippen MR) is 100 cm³/mol. The molecule has 4 rings (SSSR count). The molecule has 1 aliphatic heterocycles. The number of carbonyl (C=O) groups is 1. The number of rotatable bonds is 3. The van der Waals surface area contributed by atoms with Crippen LogP contribution in [0.25, 0.3) is 0 Å². The first-order valence-electron chi connectivity index (χ1n) is 8.52. The molecule has 130 valence electrons. The highest BCUT2D eigenvalue weighted by Crippen LogP contribution is 2.38. The highest BCUT2D eigenvalue weighted by atomic mass is 19.1.